The largest absolute Gasteiger partial charge is 0.317 e. The zero-order chi connectivity index (χ0) is 13.5. The summed E-state index contributed by atoms with van der Waals surface area (Å²) in [5, 5.41) is 7.59. The van der Waals surface area contributed by atoms with Crippen molar-refractivity contribution in [2.45, 2.75) is 24.3 Å². The van der Waals surface area contributed by atoms with Crippen LogP contribution in [0.3, 0.4) is 0 Å². The molecule has 0 amide bonds. The van der Waals surface area contributed by atoms with E-state index in [2.05, 4.69) is 10.4 Å². The fourth-order valence-corrected chi connectivity index (χ4v) is 4.87. The second-order valence-corrected chi connectivity index (χ2v) is 7.52. The average Bonchev–Trinajstić information content (AvgIpc) is 2.98. The molecule has 2 saturated heterocycles. The number of nitrogens with one attached hydrogen (secondary N) is 1. The molecular formula is C12H21ClN4O2S. The van der Waals surface area contributed by atoms with Crippen molar-refractivity contribution in [3.05, 3.63) is 12.3 Å². The van der Waals surface area contributed by atoms with Gasteiger partial charge in [0, 0.05) is 20.1 Å². The Kier molecular flexibility index (Phi) is 4.44. The van der Waals surface area contributed by atoms with E-state index in [0.29, 0.717) is 18.1 Å². The Bertz CT molecular complexity index is 566. The van der Waals surface area contributed by atoms with Crippen LogP contribution in [0.5, 0.6) is 0 Å². The van der Waals surface area contributed by atoms with E-state index in [-0.39, 0.29) is 17.8 Å². The third kappa shape index (κ3) is 2.59. The highest BCUT2D eigenvalue weighted by Crippen LogP contribution is 2.40. The normalized spacial score (nSPS) is 22.9. The molecule has 1 spiro atoms. The Hall–Kier alpha value is -0.630. The molecule has 0 aromatic carbocycles. The van der Waals surface area contributed by atoms with Gasteiger partial charge in [-0.1, -0.05) is 0 Å². The summed E-state index contributed by atoms with van der Waals surface area (Å²) in [5.41, 5.74) is 0.191. The van der Waals surface area contributed by atoms with Gasteiger partial charge in [-0.05, 0) is 43.8 Å². The Morgan fingerprint density at radius 1 is 1.30 bits per heavy atom. The number of aromatic nitrogens is 2. The van der Waals surface area contributed by atoms with Crippen LogP contribution < -0.4 is 5.32 Å². The first-order valence-corrected chi connectivity index (χ1v) is 8.16. The van der Waals surface area contributed by atoms with Gasteiger partial charge in [0.25, 0.3) is 10.0 Å². The molecule has 6 nitrogen and oxygen atoms in total. The van der Waals surface area contributed by atoms with Crippen molar-refractivity contribution in [2.24, 2.45) is 12.5 Å². The predicted octanol–water partition coefficient (Wildman–Crippen LogP) is 0.606. The highest BCUT2D eigenvalue weighted by molar-refractivity contribution is 7.89. The molecule has 3 rings (SSSR count). The fourth-order valence-electron chi connectivity index (χ4n) is 3.21. The van der Waals surface area contributed by atoms with E-state index in [1.807, 2.05) is 0 Å². The maximum Gasteiger partial charge on any atom is 0.260 e. The first-order chi connectivity index (χ1) is 9.04. The number of nitrogens with zero attached hydrogens (tertiary/aromatic N) is 3. The van der Waals surface area contributed by atoms with Crippen molar-refractivity contribution in [2.75, 3.05) is 26.2 Å². The molecule has 0 bridgehead atoms. The molecule has 0 aliphatic carbocycles. The molecule has 20 heavy (non-hydrogen) atoms. The highest BCUT2D eigenvalue weighted by Gasteiger charge is 2.43. The fraction of sp³-hybridized carbons (Fsp3) is 0.750. The molecule has 1 aromatic heterocycles. The number of rotatable bonds is 2. The summed E-state index contributed by atoms with van der Waals surface area (Å²) in [7, 11) is -1.72. The first kappa shape index (κ1) is 15.8. The Morgan fingerprint density at radius 2 is 2.00 bits per heavy atom. The maximum absolute atomic E-state index is 12.6. The van der Waals surface area contributed by atoms with Crippen molar-refractivity contribution >= 4 is 22.4 Å². The van der Waals surface area contributed by atoms with Gasteiger partial charge in [0.15, 0.2) is 5.03 Å². The Balaban J connectivity index is 0.00000147. The topological polar surface area (TPSA) is 67.2 Å². The van der Waals surface area contributed by atoms with Crippen molar-refractivity contribution in [1.82, 2.24) is 19.4 Å². The van der Waals surface area contributed by atoms with Gasteiger partial charge in [0.1, 0.15) is 0 Å². The third-order valence-electron chi connectivity index (χ3n) is 4.45. The van der Waals surface area contributed by atoms with Crippen LogP contribution in [0.2, 0.25) is 0 Å². The molecule has 2 aliphatic heterocycles. The zero-order valence-corrected chi connectivity index (χ0v) is 13.2. The summed E-state index contributed by atoms with van der Waals surface area (Å²) < 4.78 is 28.3. The Labute approximate surface area is 126 Å². The van der Waals surface area contributed by atoms with Gasteiger partial charge < -0.3 is 5.32 Å². The van der Waals surface area contributed by atoms with Crippen molar-refractivity contribution in [3.63, 3.8) is 0 Å². The molecular weight excluding hydrogens is 300 g/mol. The van der Waals surface area contributed by atoms with E-state index in [1.165, 1.54) is 10.9 Å². The molecule has 0 radical (unpaired) electrons. The minimum Gasteiger partial charge on any atom is -0.317 e. The molecule has 114 valence electrons. The summed E-state index contributed by atoms with van der Waals surface area (Å²) in [6.45, 7) is 3.29. The third-order valence-corrected chi connectivity index (χ3v) is 6.37. The SMILES string of the molecule is Cl.Cn1nccc1S(=O)(=O)N1CCC2(CCNCC2)C1. The van der Waals surface area contributed by atoms with Crippen LogP contribution in [0, 0.1) is 5.41 Å². The molecule has 0 unspecified atom stereocenters. The van der Waals surface area contributed by atoms with E-state index in [4.69, 9.17) is 0 Å². The van der Waals surface area contributed by atoms with Gasteiger partial charge in [-0.3, -0.25) is 4.68 Å². The van der Waals surface area contributed by atoms with Gasteiger partial charge in [-0.2, -0.15) is 9.40 Å². The predicted molar refractivity (Wildman–Crippen MR) is 78.4 cm³/mol. The number of hydrogen-bond acceptors (Lipinski definition) is 4. The standard InChI is InChI=1S/C12H20N4O2S.ClH/c1-15-11(2-6-14-15)19(17,18)16-9-5-12(10-16)3-7-13-8-4-12;/h2,6,13H,3-5,7-10H2,1H3;1H. The van der Waals surface area contributed by atoms with Gasteiger partial charge in [0.05, 0.1) is 6.20 Å². The highest BCUT2D eigenvalue weighted by atomic mass is 35.5. The van der Waals surface area contributed by atoms with Gasteiger partial charge in [-0.15, -0.1) is 12.4 Å². The van der Waals surface area contributed by atoms with Crippen molar-refractivity contribution in [1.29, 1.82) is 0 Å². The lowest BCUT2D eigenvalue weighted by Gasteiger charge is -2.33. The molecule has 0 atom stereocenters. The van der Waals surface area contributed by atoms with Crippen molar-refractivity contribution in [3.8, 4) is 0 Å². The quantitative estimate of drug-likeness (QED) is 0.867. The number of piperidine rings is 1. The number of halogens is 1. The number of hydrogen-bond donors (Lipinski definition) is 1. The van der Waals surface area contributed by atoms with E-state index in [9.17, 15) is 8.42 Å². The van der Waals surface area contributed by atoms with Crippen LogP contribution in [-0.4, -0.2) is 48.7 Å². The van der Waals surface area contributed by atoms with Gasteiger partial charge >= 0.3 is 0 Å². The second kappa shape index (κ2) is 5.63. The van der Waals surface area contributed by atoms with Crippen LogP contribution in [-0.2, 0) is 17.1 Å². The zero-order valence-electron chi connectivity index (χ0n) is 11.6. The minimum atomic E-state index is -3.39. The molecule has 3 heterocycles. The van der Waals surface area contributed by atoms with E-state index < -0.39 is 10.0 Å². The lowest BCUT2D eigenvalue weighted by molar-refractivity contribution is 0.218. The van der Waals surface area contributed by atoms with Crippen LogP contribution in [0.15, 0.2) is 17.3 Å². The van der Waals surface area contributed by atoms with Crippen LogP contribution in [0.4, 0.5) is 0 Å². The summed E-state index contributed by atoms with van der Waals surface area (Å²) in [5.74, 6) is 0. The molecule has 2 aliphatic rings. The summed E-state index contributed by atoms with van der Waals surface area (Å²) in [4.78, 5) is 0. The lowest BCUT2D eigenvalue weighted by Crippen LogP contribution is -2.40. The Morgan fingerprint density at radius 3 is 2.60 bits per heavy atom. The van der Waals surface area contributed by atoms with Gasteiger partial charge in [0.2, 0.25) is 0 Å². The van der Waals surface area contributed by atoms with E-state index in [1.54, 1.807) is 17.4 Å². The summed E-state index contributed by atoms with van der Waals surface area (Å²) >= 11 is 0. The summed E-state index contributed by atoms with van der Waals surface area (Å²) in [6.07, 6.45) is 4.66. The lowest BCUT2D eigenvalue weighted by atomic mass is 9.78. The molecule has 1 aromatic rings. The molecule has 0 saturated carbocycles. The smallest absolute Gasteiger partial charge is 0.260 e. The number of sulfonamides is 1. The van der Waals surface area contributed by atoms with E-state index >= 15 is 0 Å². The summed E-state index contributed by atoms with van der Waals surface area (Å²) in [6, 6.07) is 1.57. The first-order valence-electron chi connectivity index (χ1n) is 6.72. The monoisotopic (exact) mass is 320 g/mol. The van der Waals surface area contributed by atoms with Crippen LogP contribution in [0.1, 0.15) is 19.3 Å². The molecule has 8 heteroatoms. The minimum absolute atomic E-state index is 0. The maximum atomic E-state index is 12.6. The van der Waals surface area contributed by atoms with Crippen molar-refractivity contribution < 1.29 is 8.42 Å². The van der Waals surface area contributed by atoms with Crippen LogP contribution >= 0.6 is 12.4 Å². The molecule has 1 N–H and O–H groups in total. The second-order valence-electron chi connectivity index (χ2n) is 5.63. The van der Waals surface area contributed by atoms with Gasteiger partial charge in [-0.25, -0.2) is 8.42 Å². The molecule has 2 fully saturated rings. The van der Waals surface area contributed by atoms with Crippen LogP contribution in [0.25, 0.3) is 0 Å². The average molecular weight is 321 g/mol. The van der Waals surface area contributed by atoms with E-state index in [0.717, 1.165) is 32.4 Å². The number of aryl methyl sites for hydroxylation is 1.